The number of benzene rings is 1. The topological polar surface area (TPSA) is 75.7 Å². The number of ether oxygens (including phenoxy) is 1. The molecule has 2 aliphatic rings. The van der Waals surface area contributed by atoms with Crippen molar-refractivity contribution in [2.45, 2.75) is 50.5 Å². The van der Waals surface area contributed by atoms with E-state index in [4.69, 9.17) is 4.74 Å². The molecule has 0 radical (unpaired) electrons. The van der Waals surface area contributed by atoms with Crippen LogP contribution < -0.4 is 5.32 Å². The summed E-state index contributed by atoms with van der Waals surface area (Å²) in [6, 6.07) is 5.10. The van der Waals surface area contributed by atoms with Gasteiger partial charge in [0.25, 0.3) is 5.91 Å². The molecule has 26 heavy (non-hydrogen) atoms. The molecule has 1 saturated heterocycles. The molecule has 2 fully saturated rings. The van der Waals surface area contributed by atoms with Crippen molar-refractivity contribution in [2.24, 2.45) is 5.92 Å². The average molecular weight is 381 g/mol. The number of nitrogens with zero attached hydrogens (tertiary/aromatic N) is 1. The van der Waals surface area contributed by atoms with E-state index in [1.54, 1.807) is 19.1 Å². The van der Waals surface area contributed by atoms with Gasteiger partial charge < -0.3 is 10.1 Å². The molecule has 1 aliphatic carbocycles. The number of morpholine rings is 1. The van der Waals surface area contributed by atoms with E-state index in [2.05, 4.69) is 12.2 Å². The van der Waals surface area contributed by atoms with Crippen molar-refractivity contribution in [1.82, 2.24) is 9.62 Å². The number of amides is 1. The van der Waals surface area contributed by atoms with Crippen molar-refractivity contribution in [2.75, 3.05) is 26.3 Å². The third-order valence-corrected chi connectivity index (χ3v) is 7.51. The predicted octanol–water partition coefficient (Wildman–Crippen LogP) is 2.32. The number of aryl methyl sites for hydroxylation is 1. The minimum Gasteiger partial charge on any atom is -0.379 e. The Kier molecular flexibility index (Phi) is 5.99. The van der Waals surface area contributed by atoms with Crippen LogP contribution in [-0.4, -0.2) is 51.0 Å². The number of sulfonamides is 1. The first-order chi connectivity index (χ1) is 12.4. The van der Waals surface area contributed by atoms with E-state index in [0.29, 0.717) is 43.3 Å². The maximum absolute atomic E-state index is 13.0. The first kappa shape index (κ1) is 19.3. The quantitative estimate of drug-likeness (QED) is 0.870. The second-order valence-electron chi connectivity index (χ2n) is 7.34. The van der Waals surface area contributed by atoms with Crippen molar-refractivity contribution < 1.29 is 17.9 Å². The van der Waals surface area contributed by atoms with Crippen LogP contribution in [0.1, 0.15) is 48.5 Å². The van der Waals surface area contributed by atoms with Crippen LogP contribution in [-0.2, 0) is 14.8 Å². The molecule has 7 heteroatoms. The molecule has 0 aromatic heterocycles. The van der Waals surface area contributed by atoms with E-state index in [0.717, 1.165) is 19.3 Å². The van der Waals surface area contributed by atoms with E-state index in [1.165, 1.54) is 16.8 Å². The standard InChI is InChI=1S/C19H28N2O4S/c1-14-5-3-4-6-17(14)20-19(22)16-8-7-15(2)18(13-16)26(23,24)21-9-11-25-12-10-21/h7-8,13-14,17H,3-6,9-12H2,1-2H3,(H,20,22). The van der Waals surface area contributed by atoms with Gasteiger partial charge in [-0.15, -0.1) is 0 Å². The third kappa shape index (κ3) is 4.10. The molecule has 0 spiro atoms. The molecule has 1 aromatic carbocycles. The van der Waals surface area contributed by atoms with Gasteiger partial charge in [0.05, 0.1) is 18.1 Å². The van der Waals surface area contributed by atoms with E-state index < -0.39 is 10.0 Å². The first-order valence-electron chi connectivity index (χ1n) is 9.39. The molecule has 6 nitrogen and oxygen atoms in total. The first-order valence-corrected chi connectivity index (χ1v) is 10.8. The lowest BCUT2D eigenvalue weighted by atomic mass is 9.86. The van der Waals surface area contributed by atoms with Gasteiger partial charge in [-0.1, -0.05) is 25.8 Å². The molecule has 1 amide bonds. The highest BCUT2D eigenvalue weighted by atomic mass is 32.2. The van der Waals surface area contributed by atoms with Crippen LogP contribution in [0, 0.1) is 12.8 Å². The summed E-state index contributed by atoms with van der Waals surface area (Å²) in [6.45, 7) is 5.41. The third-order valence-electron chi connectivity index (χ3n) is 5.47. The molecule has 1 heterocycles. The number of carbonyl (C=O) groups excluding carboxylic acids is 1. The van der Waals surface area contributed by atoms with Crippen LogP contribution in [0.25, 0.3) is 0 Å². The maximum Gasteiger partial charge on any atom is 0.251 e. The summed E-state index contributed by atoms with van der Waals surface area (Å²) in [6.07, 6.45) is 4.44. The summed E-state index contributed by atoms with van der Waals surface area (Å²) in [5.41, 5.74) is 1.05. The van der Waals surface area contributed by atoms with Gasteiger partial charge in [-0.3, -0.25) is 4.79 Å². The lowest BCUT2D eigenvalue weighted by molar-refractivity contribution is 0.0730. The van der Waals surface area contributed by atoms with Crippen LogP contribution in [0.2, 0.25) is 0 Å². The van der Waals surface area contributed by atoms with Crippen LogP contribution in [0.15, 0.2) is 23.1 Å². The minimum atomic E-state index is -3.62. The summed E-state index contributed by atoms with van der Waals surface area (Å²) in [5.74, 6) is 0.261. The molecule has 1 saturated carbocycles. The van der Waals surface area contributed by atoms with E-state index in [1.807, 2.05) is 0 Å². The van der Waals surface area contributed by atoms with Gasteiger partial charge in [0.15, 0.2) is 0 Å². The Morgan fingerprint density at radius 1 is 1.19 bits per heavy atom. The SMILES string of the molecule is Cc1ccc(C(=O)NC2CCCCC2C)cc1S(=O)(=O)N1CCOCC1. The van der Waals surface area contributed by atoms with Crippen molar-refractivity contribution >= 4 is 15.9 Å². The highest BCUT2D eigenvalue weighted by Crippen LogP contribution is 2.25. The molecule has 2 unspecified atom stereocenters. The van der Waals surface area contributed by atoms with Crippen molar-refractivity contribution in [3.8, 4) is 0 Å². The van der Waals surface area contributed by atoms with Crippen molar-refractivity contribution in [3.05, 3.63) is 29.3 Å². The number of carbonyl (C=O) groups is 1. The Balaban J connectivity index is 1.81. The Hall–Kier alpha value is -1.44. The van der Waals surface area contributed by atoms with Gasteiger partial charge in [-0.2, -0.15) is 4.31 Å². The van der Waals surface area contributed by atoms with Gasteiger partial charge in [-0.25, -0.2) is 8.42 Å². The number of hydrogen-bond donors (Lipinski definition) is 1. The van der Waals surface area contributed by atoms with Gasteiger partial charge in [0.1, 0.15) is 0 Å². The summed E-state index contributed by atoms with van der Waals surface area (Å²) in [4.78, 5) is 12.9. The van der Waals surface area contributed by atoms with E-state index >= 15 is 0 Å². The fraction of sp³-hybridized carbons (Fsp3) is 0.632. The molecule has 3 rings (SSSR count). The van der Waals surface area contributed by atoms with E-state index in [9.17, 15) is 13.2 Å². The fourth-order valence-corrected chi connectivity index (χ4v) is 5.39. The maximum atomic E-state index is 13.0. The Morgan fingerprint density at radius 3 is 2.58 bits per heavy atom. The van der Waals surface area contributed by atoms with Crippen LogP contribution >= 0.6 is 0 Å². The summed E-state index contributed by atoms with van der Waals surface area (Å²) in [7, 11) is -3.62. The Morgan fingerprint density at radius 2 is 1.88 bits per heavy atom. The number of hydrogen-bond acceptors (Lipinski definition) is 4. The molecule has 2 atom stereocenters. The minimum absolute atomic E-state index is 0.164. The molecule has 1 aromatic rings. The zero-order chi connectivity index (χ0) is 18.7. The Labute approximate surface area is 156 Å². The monoisotopic (exact) mass is 380 g/mol. The average Bonchev–Trinajstić information content (AvgIpc) is 2.64. The van der Waals surface area contributed by atoms with Crippen molar-refractivity contribution in [1.29, 1.82) is 0 Å². The summed E-state index contributed by atoms with van der Waals surface area (Å²) in [5, 5.41) is 3.10. The fourth-order valence-electron chi connectivity index (χ4n) is 3.73. The van der Waals surface area contributed by atoms with Crippen LogP contribution in [0.4, 0.5) is 0 Å². The predicted molar refractivity (Wildman–Crippen MR) is 99.6 cm³/mol. The van der Waals surface area contributed by atoms with Gasteiger partial charge in [0.2, 0.25) is 10.0 Å². The van der Waals surface area contributed by atoms with Gasteiger partial charge in [-0.05, 0) is 43.4 Å². The smallest absolute Gasteiger partial charge is 0.251 e. The van der Waals surface area contributed by atoms with Crippen LogP contribution in [0.5, 0.6) is 0 Å². The largest absolute Gasteiger partial charge is 0.379 e. The highest BCUT2D eigenvalue weighted by Gasteiger charge is 2.29. The second-order valence-corrected chi connectivity index (χ2v) is 9.24. The van der Waals surface area contributed by atoms with E-state index in [-0.39, 0.29) is 16.8 Å². The summed E-state index contributed by atoms with van der Waals surface area (Å²) < 4.78 is 32.6. The van der Waals surface area contributed by atoms with Gasteiger partial charge >= 0.3 is 0 Å². The second kappa shape index (κ2) is 8.06. The summed E-state index contributed by atoms with van der Waals surface area (Å²) >= 11 is 0. The zero-order valence-electron chi connectivity index (χ0n) is 15.5. The molecule has 1 N–H and O–H groups in total. The lowest BCUT2D eigenvalue weighted by Crippen LogP contribution is -2.42. The zero-order valence-corrected chi connectivity index (χ0v) is 16.3. The molecular formula is C19H28N2O4S. The lowest BCUT2D eigenvalue weighted by Gasteiger charge is -2.29. The molecule has 0 bridgehead atoms. The molecular weight excluding hydrogens is 352 g/mol. The van der Waals surface area contributed by atoms with Gasteiger partial charge in [0, 0.05) is 24.7 Å². The molecule has 1 aliphatic heterocycles. The molecule has 144 valence electrons. The number of rotatable bonds is 4. The highest BCUT2D eigenvalue weighted by molar-refractivity contribution is 7.89. The Bertz CT molecular complexity index is 757. The van der Waals surface area contributed by atoms with Crippen LogP contribution in [0.3, 0.4) is 0 Å². The number of nitrogens with one attached hydrogen (secondary N) is 1. The van der Waals surface area contributed by atoms with Crippen molar-refractivity contribution in [3.63, 3.8) is 0 Å². The normalized spacial score (nSPS) is 25.0.